The molecule has 0 aliphatic carbocycles. The molecule has 1 amide bonds. The summed E-state index contributed by atoms with van der Waals surface area (Å²) in [4.78, 5) is 17.2. The average Bonchev–Trinajstić information content (AvgIpc) is 2.98. The van der Waals surface area contributed by atoms with Gasteiger partial charge in [0.1, 0.15) is 11.5 Å². The molecule has 2 heterocycles. The Morgan fingerprint density at radius 1 is 1.06 bits per heavy atom. The molecule has 1 atom stereocenters. The number of anilines is 2. The molecule has 0 spiro atoms. The van der Waals surface area contributed by atoms with Gasteiger partial charge in [-0.05, 0) is 30.3 Å². The van der Waals surface area contributed by atoms with Crippen molar-refractivity contribution in [1.82, 2.24) is 4.90 Å². The van der Waals surface area contributed by atoms with Gasteiger partial charge in [0, 0.05) is 44.2 Å². The number of hydrogen-bond donors (Lipinski definition) is 0. The van der Waals surface area contributed by atoms with Gasteiger partial charge in [-0.25, -0.2) is 8.42 Å². The number of methoxy groups -OCH3 is 1. The molecular formula is C22H26ClN3O5S. The fourth-order valence-electron chi connectivity index (χ4n) is 4.13. The highest BCUT2D eigenvalue weighted by atomic mass is 35.5. The lowest BCUT2D eigenvalue weighted by atomic mass is 10.2. The standard InChI is InChI=1S/C22H26ClN3O5S/c1-30-19-6-4-3-5-17(19)24-11-13-25(14-12-24)22(27)21-9-10-26(32(2,28)29)18-15-16(23)7-8-20(18)31-21/h3-8,15,21H,9-14H2,1-2H3. The summed E-state index contributed by atoms with van der Waals surface area (Å²) in [5.41, 5.74) is 1.36. The molecule has 0 N–H and O–H groups in total. The van der Waals surface area contributed by atoms with Crippen molar-refractivity contribution in [2.24, 2.45) is 0 Å². The first kappa shape index (κ1) is 22.5. The van der Waals surface area contributed by atoms with Crippen LogP contribution in [-0.2, 0) is 14.8 Å². The second kappa shape index (κ2) is 9.07. The molecule has 2 aromatic rings. The molecule has 0 bridgehead atoms. The lowest BCUT2D eigenvalue weighted by molar-refractivity contribution is -0.139. The van der Waals surface area contributed by atoms with Gasteiger partial charge in [0.05, 0.1) is 24.7 Å². The van der Waals surface area contributed by atoms with Crippen molar-refractivity contribution in [2.45, 2.75) is 12.5 Å². The number of rotatable bonds is 4. The van der Waals surface area contributed by atoms with E-state index in [1.807, 2.05) is 24.3 Å². The molecular weight excluding hydrogens is 454 g/mol. The zero-order chi connectivity index (χ0) is 22.9. The molecule has 0 radical (unpaired) electrons. The van der Waals surface area contributed by atoms with Crippen molar-refractivity contribution in [3.63, 3.8) is 0 Å². The normalized spacial score (nSPS) is 19.1. The molecule has 172 valence electrons. The van der Waals surface area contributed by atoms with Gasteiger partial charge in [-0.2, -0.15) is 0 Å². The van der Waals surface area contributed by atoms with Gasteiger partial charge in [0.2, 0.25) is 10.0 Å². The number of nitrogens with zero attached hydrogens (tertiary/aromatic N) is 3. The Hall–Kier alpha value is -2.65. The monoisotopic (exact) mass is 479 g/mol. The molecule has 1 fully saturated rings. The van der Waals surface area contributed by atoms with Crippen molar-refractivity contribution >= 4 is 38.9 Å². The maximum absolute atomic E-state index is 13.3. The lowest BCUT2D eigenvalue weighted by Gasteiger charge is -2.37. The summed E-state index contributed by atoms with van der Waals surface area (Å²) in [6.07, 6.45) is 0.626. The Morgan fingerprint density at radius 3 is 2.47 bits per heavy atom. The number of piperazine rings is 1. The third-order valence-corrected chi connectivity index (χ3v) is 7.16. The van der Waals surface area contributed by atoms with E-state index in [0.717, 1.165) is 17.7 Å². The number of hydrogen-bond acceptors (Lipinski definition) is 6. The number of carbonyl (C=O) groups is 1. The van der Waals surface area contributed by atoms with Gasteiger partial charge < -0.3 is 19.3 Å². The highest BCUT2D eigenvalue weighted by molar-refractivity contribution is 7.92. The maximum atomic E-state index is 13.3. The molecule has 1 saturated heterocycles. The Morgan fingerprint density at radius 2 is 1.78 bits per heavy atom. The lowest BCUT2D eigenvalue weighted by Crippen LogP contribution is -2.52. The van der Waals surface area contributed by atoms with Crippen LogP contribution in [0, 0.1) is 0 Å². The van der Waals surface area contributed by atoms with Gasteiger partial charge in [-0.15, -0.1) is 0 Å². The summed E-state index contributed by atoms with van der Waals surface area (Å²) in [5, 5.41) is 0.401. The first-order chi connectivity index (χ1) is 15.3. The van der Waals surface area contributed by atoms with Crippen molar-refractivity contribution in [2.75, 3.05) is 55.3 Å². The van der Waals surface area contributed by atoms with Crippen LogP contribution in [0.3, 0.4) is 0 Å². The molecule has 10 heteroatoms. The van der Waals surface area contributed by atoms with Crippen molar-refractivity contribution in [1.29, 1.82) is 0 Å². The maximum Gasteiger partial charge on any atom is 0.263 e. The third kappa shape index (κ3) is 4.59. The fourth-order valence-corrected chi connectivity index (χ4v) is 5.24. The van der Waals surface area contributed by atoms with E-state index in [9.17, 15) is 13.2 Å². The van der Waals surface area contributed by atoms with Crippen LogP contribution in [-0.4, -0.2) is 71.4 Å². The molecule has 4 rings (SSSR count). The minimum Gasteiger partial charge on any atom is -0.495 e. The molecule has 2 aliphatic rings. The Balaban J connectivity index is 1.48. The van der Waals surface area contributed by atoms with Crippen LogP contribution in [0.2, 0.25) is 5.02 Å². The van der Waals surface area contributed by atoms with Crippen LogP contribution in [0.1, 0.15) is 6.42 Å². The molecule has 2 aromatic carbocycles. The van der Waals surface area contributed by atoms with E-state index in [1.54, 1.807) is 30.2 Å². The van der Waals surface area contributed by atoms with Gasteiger partial charge >= 0.3 is 0 Å². The zero-order valence-corrected chi connectivity index (χ0v) is 19.6. The van der Waals surface area contributed by atoms with Gasteiger partial charge in [0.15, 0.2) is 6.10 Å². The van der Waals surface area contributed by atoms with E-state index in [0.29, 0.717) is 42.6 Å². The largest absolute Gasteiger partial charge is 0.495 e. The molecule has 1 unspecified atom stereocenters. The predicted molar refractivity (Wildman–Crippen MR) is 124 cm³/mol. The Labute approximate surface area is 193 Å². The van der Waals surface area contributed by atoms with Crippen LogP contribution in [0.25, 0.3) is 0 Å². The molecule has 32 heavy (non-hydrogen) atoms. The fraction of sp³-hybridized carbons (Fsp3) is 0.409. The van der Waals surface area contributed by atoms with Gasteiger partial charge in [-0.3, -0.25) is 9.10 Å². The molecule has 2 aliphatic heterocycles. The molecule has 0 aromatic heterocycles. The van der Waals surface area contributed by atoms with Crippen LogP contribution in [0.5, 0.6) is 11.5 Å². The van der Waals surface area contributed by atoms with Crippen molar-refractivity contribution < 1.29 is 22.7 Å². The average molecular weight is 480 g/mol. The second-order valence-electron chi connectivity index (χ2n) is 7.83. The van der Waals surface area contributed by atoms with E-state index < -0.39 is 16.1 Å². The second-order valence-corrected chi connectivity index (χ2v) is 10.2. The summed E-state index contributed by atoms with van der Waals surface area (Å²) in [6, 6.07) is 12.6. The molecule has 8 nitrogen and oxygen atoms in total. The number of sulfonamides is 1. The summed E-state index contributed by atoms with van der Waals surface area (Å²) in [7, 11) is -1.90. The number of benzene rings is 2. The van der Waals surface area contributed by atoms with Crippen LogP contribution >= 0.6 is 11.6 Å². The van der Waals surface area contributed by atoms with E-state index >= 15 is 0 Å². The SMILES string of the molecule is COc1ccccc1N1CCN(C(=O)C2CCN(S(C)(=O)=O)c3cc(Cl)ccc3O2)CC1. The highest BCUT2D eigenvalue weighted by Gasteiger charge is 2.34. The summed E-state index contributed by atoms with van der Waals surface area (Å²) < 4.78 is 37.4. The smallest absolute Gasteiger partial charge is 0.263 e. The van der Waals surface area contributed by atoms with Crippen LogP contribution < -0.4 is 18.7 Å². The first-order valence-electron chi connectivity index (χ1n) is 10.4. The van der Waals surface area contributed by atoms with Gasteiger partial charge in [0.25, 0.3) is 5.91 Å². The number of para-hydroxylation sites is 2. The van der Waals surface area contributed by atoms with E-state index in [-0.39, 0.29) is 18.9 Å². The third-order valence-electron chi connectivity index (χ3n) is 5.75. The number of ether oxygens (including phenoxy) is 2. The minimum absolute atomic E-state index is 0.138. The van der Waals surface area contributed by atoms with E-state index in [2.05, 4.69) is 4.90 Å². The van der Waals surface area contributed by atoms with E-state index in [4.69, 9.17) is 21.1 Å². The summed E-state index contributed by atoms with van der Waals surface area (Å²) >= 11 is 6.09. The predicted octanol–water partition coefficient (Wildman–Crippen LogP) is 2.61. The summed E-state index contributed by atoms with van der Waals surface area (Å²) in [6.45, 7) is 2.56. The van der Waals surface area contributed by atoms with Crippen LogP contribution in [0.4, 0.5) is 11.4 Å². The van der Waals surface area contributed by atoms with E-state index in [1.165, 1.54) is 4.31 Å². The zero-order valence-electron chi connectivity index (χ0n) is 18.0. The molecule has 0 saturated carbocycles. The Kier molecular flexibility index (Phi) is 6.39. The van der Waals surface area contributed by atoms with Gasteiger partial charge in [-0.1, -0.05) is 23.7 Å². The topological polar surface area (TPSA) is 79.4 Å². The van der Waals surface area contributed by atoms with Crippen molar-refractivity contribution in [3.8, 4) is 11.5 Å². The van der Waals surface area contributed by atoms with Crippen LogP contribution in [0.15, 0.2) is 42.5 Å². The number of carbonyl (C=O) groups excluding carboxylic acids is 1. The number of fused-ring (bicyclic) bond motifs is 1. The first-order valence-corrected chi connectivity index (χ1v) is 12.6. The summed E-state index contributed by atoms with van der Waals surface area (Å²) in [5.74, 6) is 1.000. The number of halogens is 1. The highest BCUT2D eigenvalue weighted by Crippen LogP contribution is 2.37. The minimum atomic E-state index is -3.55. The van der Waals surface area contributed by atoms with Crippen molar-refractivity contribution in [3.05, 3.63) is 47.5 Å². The number of amides is 1. The Bertz CT molecular complexity index is 1100. The quantitative estimate of drug-likeness (QED) is 0.670.